The Morgan fingerprint density at radius 3 is 2.72 bits per heavy atom. The van der Waals surface area contributed by atoms with Crippen LogP contribution in [0.25, 0.3) is 0 Å². The summed E-state index contributed by atoms with van der Waals surface area (Å²) in [5.74, 6) is -2.25. The number of carboxylic acid groups (broad SMARTS) is 1. The number of carboxylic acids is 1. The number of amides is 2. The van der Waals surface area contributed by atoms with Gasteiger partial charge in [-0.25, -0.2) is 9.78 Å². The van der Waals surface area contributed by atoms with Crippen molar-refractivity contribution in [2.45, 2.75) is 29.7 Å². The van der Waals surface area contributed by atoms with Gasteiger partial charge in [0.05, 0.1) is 11.3 Å². The van der Waals surface area contributed by atoms with E-state index < -0.39 is 35.3 Å². The fraction of sp³-hybridized carbons (Fsp3) is 0.385. The number of nitrogens with one attached hydrogen (secondary N) is 1. The maximum absolute atomic E-state index is 12.1. The average molecular weight is 407 g/mol. The van der Waals surface area contributed by atoms with E-state index in [0.717, 1.165) is 11.3 Å². The number of aliphatic hydroxyl groups is 1. The molecule has 0 saturated carbocycles. The zero-order valence-corrected chi connectivity index (χ0v) is 15.2. The molecular formula is C13H15ClN4O5S2. The number of thiazole rings is 1. The van der Waals surface area contributed by atoms with Crippen LogP contribution in [0.5, 0.6) is 0 Å². The maximum atomic E-state index is 12.1. The van der Waals surface area contributed by atoms with Crippen LogP contribution in [0.3, 0.4) is 0 Å². The highest BCUT2D eigenvalue weighted by atomic mass is 35.5. The van der Waals surface area contributed by atoms with E-state index in [0.29, 0.717) is 0 Å². The molecule has 0 aromatic carbocycles. The van der Waals surface area contributed by atoms with Crippen molar-refractivity contribution in [2.24, 2.45) is 0 Å². The first-order valence-corrected chi connectivity index (χ1v) is 8.74. The summed E-state index contributed by atoms with van der Waals surface area (Å²) in [5.41, 5.74) is 5.72. The van der Waals surface area contributed by atoms with Crippen molar-refractivity contribution in [3.63, 3.8) is 0 Å². The van der Waals surface area contributed by atoms with Gasteiger partial charge in [0.25, 0.3) is 11.8 Å². The second-order valence-electron chi connectivity index (χ2n) is 5.30. The molecule has 3 heterocycles. The number of nitrogens with zero attached hydrogens (tertiary/aromatic N) is 2. The number of thioether (sulfide) groups is 1. The standard InChI is InChI=1S/C13H14N4O5S2.ClH/c1-4-5(12(21)22)2-17-10(20)7(11(17)24-4)16-9(19)8(18)6-3-23-13(14)15-6;/h2-4,7-8,11,18H,1H3,(H2,14,15)(H,16,19)(H,21,22);1H/t4?,7?,8?,11-;/m1./s1. The number of aliphatic hydroxyl groups excluding tert-OH is 1. The van der Waals surface area contributed by atoms with E-state index in [4.69, 9.17) is 10.8 Å². The van der Waals surface area contributed by atoms with Crippen LogP contribution in [0.2, 0.25) is 0 Å². The van der Waals surface area contributed by atoms with E-state index in [1.807, 2.05) is 0 Å². The lowest BCUT2D eigenvalue weighted by Crippen LogP contribution is -2.69. The first-order valence-electron chi connectivity index (χ1n) is 6.91. The van der Waals surface area contributed by atoms with Gasteiger partial charge in [0, 0.05) is 16.8 Å². The Hall–Kier alpha value is -1.82. The minimum Gasteiger partial charge on any atom is -0.478 e. The van der Waals surface area contributed by atoms with Crippen LogP contribution in [0.1, 0.15) is 18.7 Å². The summed E-state index contributed by atoms with van der Waals surface area (Å²) < 4.78 is 0. The monoisotopic (exact) mass is 406 g/mol. The molecule has 0 spiro atoms. The summed E-state index contributed by atoms with van der Waals surface area (Å²) in [6.07, 6.45) is -0.215. The van der Waals surface area contributed by atoms with E-state index in [1.54, 1.807) is 6.92 Å². The van der Waals surface area contributed by atoms with Crippen LogP contribution >= 0.6 is 35.5 Å². The molecule has 0 radical (unpaired) electrons. The fourth-order valence-electron chi connectivity index (χ4n) is 2.46. The van der Waals surface area contributed by atoms with Gasteiger partial charge in [-0.05, 0) is 6.92 Å². The molecule has 12 heteroatoms. The largest absolute Gasteiger partial charge is 0.478 e. The molecular weight excluding hydrogens is 392 g/mol. The molecule has 2 aliphatic heterocycles. The van der Waals surface area contributed by atoms with Crippen LogP contribution in [-0.4, -0.2) is 54.5 Å². The highest BCUT2D eigenvalue weighted by molar-refractivity contribution is 8.00. The van der Waals surface area contributed by atoms with Gasteiger partial charge >= 0.3 is 5.97 Å². The average Bonchev–Trinajstić information content (AvgIpc) is 2.97. The number of aromatic nitrogens is 1. The number of rotatable bonds is 4. The number of nitrogen functional groups attached to an aromatic ring is 1. The molecule has 9 nitrogen and oxygen atoms in total. The summed E-state index contributed by atoms with van der Waals surface area (Å²) in [5, 5.41) is 22.5. The van der Waals surface area contributed by atoms with Gasteiger partial charge in [0.2, 0.25) is 0 Å². The van der Waals surface area contributed by atoms with E-state index >= 15 is 0 Å². The second-order valence-corrected chi connectivity index (χ2v) is 7.66. The topological polar surface area (TPSA) is 146 Å². The van der Waals surface area contributed by atoms with E-state index in [2.05, 4.69) is 10.3 Å². The minimum atomic E-state index is -1.52. The molecule has 2 amide bonds. The van der Waals surface area contributed by atoms with Gasteiger partial charge in [-0.15, -0.1) is 35.5 Å². The number of hydrogen-bond acceptors (Lipinski definition) is 8. The van der Waals surface area contributed by atoms with E-state index in [9.17, 15) is 19.5 Å². The number of carbonyl (C=O) groups excluding carboxylic acids is 2. The van der Waals surface area contributed by atoms with Gasteiger partial charge in [0.15, 0.2) is 11.2 Å². The molecule has 2 aliphatic rings. The second kappa shape index (κ2) is 7.20. The maximum Gasteiger partial charge on any atom is 0.334 e. The summed E-state index contributed by atoms with van der Waals surface area (Å²) >= 11 is 2.36. The molecule has 4 atom stereocenters. The quantitative estimate of drug-likeness (QED) is 0.508. The Labute approximate surface area is 156 Å². The Morgan fingerprint density at radius 2 is 2.16 bits per heavy atom. The highest BCUT2D eigenvalue weighted by Crippen LogP contribution is 2.40. The number of anilines is 1. The third-order valence-corrected chi connectivity index (χ3v) is 5.88. The van der Waals surface area contributed by atoms with Crippen molar-refractivity contribution in [3.05, 3.63) is 22.8 Å². The van der Waals surface area contributed by atoms with Gasteiger partial charge in [-0.1, -0.05) is 0 Å². The third kappa shape index (κ3) is 3.45. The predicted molar refractivity (Wildman–Crippen MR) is 94.1 cm³/mol. The molecule has 3 rings (SSSR count). The number of β-lactam (4-membered cyclic amide) rings is 1. The Morgan fingerprint density at radius 1 is 1.48 bits per heavy atom. The van der Waals surface area contributed by atoms with Crippen LogP contribution in [0, 0.1) is 0 Å². The predicted octanol–water partition coefficient (Wildman–Crippen LogP) is -0.0626. The lowest BCUT2D eigenvalue weighted by molar-refractivity contribution is -0.147. The van der Waals surface area contributed by atoms with Crippen molar-refractivity contribution >= 4 is 58.4 Å². The molecule has 1 aromatic rings. The summed E-state index contributed by atoms with van der Waals surface area (Å²) in [7, 11) is 0. The Kier molecular flexibility index (Phi) is 5.62. The van der Waals surface area contributed by atoms with Crippen molar-refractivity contribution in [1.29, 1.82) is 0 Å². The molecule has 1 aromatic heterocycles. The summed E-state index contributed by atoms with van der Waals surface area (Å²) in [4.78, 5) is 40.5. The summed E-state index contributed by atoms with van der Waals surface area (Å²) in [6.45, 7) is 1.72. The molecule has 0 aliphatic carbocycles. The van der Waals surface area contributed by atoms with Crippen molar-refractivity contribution in [3.8, 4) is 0 Å². The van der Waals surface area contributed by atoms with Crippen LogP contribution in [0.15, 0.2) is 17.2 Å². The van der Waals surface area contributed by atoms with Gasteiger partial charge in [0.1, 0.15) is 11.4 Å². The Bertz CT molecular complexity index is 755. The molecule has 1 saturated heterocycles. The molecule has 3 unspecified atom stereocenters. The van der Waals surface area contributed by atoms with Crippen molar-refractivity contribution in [1.82, 2.24) is 15.2 Å². The Balaban J connectivity index is 0.00000225. The normalized spacial score (nSPS) is 25.8. The lowest BCUT2D eigenvalue weighted by Gasteiger charge is -2.48. The minimum absolute atomic E-state index is 0. The smallest absolute Gasteiger partial charge is 0.334 e. The lowest BCUT2D eigenvalue weighted by atomic mass is 10.1. The molecule has 0 bridgehead atoms. The zero-order valence-electron chi connectivity index (χ0n) is 12.8. The van der Waals surface area contributed by atoms with Gasteiger partial charge in [-0.2, -0.15) is 0 Å². The first kappa shape index (κ1) is 19.5. The van der Waals surface area contributed by atoms with Crippen LogP contribution in [0.4, 0.5) is 5.13 Å². The SMILES string of the molecule is CC1S[C@@H]2C(NC(=O)C(O)c3csc(N)n3)C(=O)N2C=C1C(=O)O.Cl. The number of halogens is 1. The molecule has 1 fully saturated rings. The number of fused-ring (bicyclic) bond motifs is 1. The fourth-order valence-corrected chi connectivity index (χ4v) is 4.41. The van der Waals surface area contributed by atoms with Crippen molar-refractivity contribution < 1.29 is 24.6 Å². The first-order chi connectivity index (χ1) is 11.3. The highest BCUT2D eigenvalue weighted by Gasteiger charge is 2.52. The summed E-state index contributed by atoms with van der Waals surface area (Å²) in [6, 6.07) is -0.817. The van der Waals surface area contributed by atoms with E-state index in [1.165, 1.54) is 28.2 Å². The molecule has 25 heavy (non-hydrogen) atoms. The number of hydrogen-bond donors (Lipinski definition) is 4. The van der Waals surface area contributed by atoms with E-state index in [-0.39, 0.29) is 34.1 Å². The third-order valence-electron chi connectivity index (χ3n) is 3.75. The molecule has 5 N–H and O–H groups in total. The number of nitrogens with two attached hydrogens (primary N) is 1. The van der Waals surface area contributed by atoms with Gasteiger partial charge in [-0.3, -0.25) is 9.59 Å². The van der Waals surface area contributed by atoms with Crippen molar-refractivity contribution in [2.75, 3.05) is 5.73 Å². The van der Waals surface area contributed by atoms with Crippen LogP contribution < -0.4 is 11.1 Å². The van der Waals surface area contributed by atoms with Crippen LogP contribution in [-0.2, 0) is 14.4 Å². The zero-order chi connectivity index (χ0) is 17.6. The number of aliphatic carboxylic acids is 1. The molecule has 136 valence electrons. The van der Waals surface area contributed by atoms with Gasteiger partial charge < -0.3 is 26.2 Å². The number of carbonyl (C=O) groups is 3.